The van der Waals surface area contributed by atoms with Crippen LogP contribution in [-0.4, -0.2) is 105 Å². The average molecular weight is 617 g/mol. The number of amides is 1. The Morgan fingerprint density at radius 3 is 2.56 bits per heavy atom. The number of fused-ring (bicyclic) bond motifs is 1. The molecular weight excluding hydrogens is 575 g/mol. The van der Waals surface area contributed by atoms with Gasteiger partial charge in [-0.3, -0.25) is 25.0 Å². The highest BCUT2D eigenvalue weighted by Gasteiger charge is 2.28. The van der Waals surface area contributed by atoms with Gasteiger partial charge in [-0.05, 0) is 64.1 Å². The van der Waals surface area contributed by atoms with Gasteiger partial charge in [0.15, 0.2) is 5.82 Å². The molecule has 2 aliphatic rings. The molecule has 0 spiro atoms. The number of aromatic nitrogens is 4. The SMILES string of the molecule is COc1ccncc1-c1nccc(C(=O)Nc2nc3ccc(N4CCC(N5CCN(C)CC5)CC4)cc3n2CC(C)(C)O)c1F. The Balaban J connectivity index is 1.25. The number of hydrogen-bond acceptors (Lipinski definition) is 9. The molecule has 2 fully saturated rings. The molecular formula is C33H41FN8O3. The third-order valence-corrected chi connectivity index (χ3v) is 8.78. The molecule has 1 amide bonds. The molecule has 0 atom stereocenters. The first kappa shape index (κ1) is 30.9. The maximum atomic E-state index is 15.7. The van der Waals surface area contributed by atoms with Gasteiger partial charge >= 0.3 is 0 Å². The van der Waals surface area contributed by atoms with Crippen molar-refractivity contribution in [3.8, 4) is 17.0 Å². The molecule has 1 aromatic carbocycles. The van der Waals surface area contributed by atoms with E-state index >= 15 is 4.39 Å². The summed E-state index contributed by atoms with van der Waals surface area (Å²) in [5, 5.41) is 13.6. The van der Waals surface area contributed by atoms with Crippen molar-refractivity contribution in [3.05, 3.63) is 60.3 Å². The largest absolute Gasteiger partial charge is 0.496 e. The minimum Gasteiger partial charge on any atom is -0.496 e. The summed E-state index contributed by atoms with van der Waals surface area (Å²) in [6, 6.07) is 9.60. The van der Waals surface area contributed by atoms with Crippen LogP contribution in [0.1, 0.15) is 37.0 Å². The second-order valence-corrected chi connectivity index (χ2v) is 12.6. The van der Waals surface area contributed by atoms with Gasteiger partial charge in [-0.1, -0.05) is 0 Å². The van der Waals surface area contributed by atoms with Crippen LogP contribution in [0.2, 0.25) is 0 Å². The topological polar surface area (TPSA) is 112 Å². The van der Waals surface area contributed by atoms with E-state index in [2.05, 4.69) is 54.1 Å². The number of hydrogen-bond donors (Lipinski definition) is 2. The Hall–Kier alpha value is -4.13. The minimum absolute atomic E-state index is 0.0429. The standard InChI is InChI=1S/C33H41FN8O3/c1-33(2,44)21-42-27-19-23(40-13-9-22(10-14-40)41-17-15-39(3)16-18-41)5-6-26(27)37-32(42)38-31(43)24-7-12-36-30(29(24)34)25-20-35-11-8-28(25)45-4/h5-8,11-12,19-20,22,44H,9-10,13-18,21H2,1-4H3,(H,37,38,43). The van der Waals surface area contributed by atoms with Crippen LogP contribution in [0.15, 0.2) is 48.9 Å². The lowest BCUT2D eigenvalue weighted by Crippen LogP contribution is -2.52. The Kier molecular flexibility index (Phi) is 8.71. The smallest absolute Gasteiger partial charge is 0.261 e. The van der Waals surface area contributed by atoms with Crippen molar-refractivity contribution >= 4 is 28.6 Å². The van der Waals surface area contributed by atoms with Gasteiger partial charge in [-0.15, -0.1) is 0 Å². The number of anilines is 2. The first-order valence-corrected chi connectivity index (χ1v) is 15.5. The molecule has 6 rings (SSSR count). The van der Waals surface area contributed by atoms with Crippen LogP contribution in [0.3, 0.4) is 0 Å². The monoisotopic (exact) mass is 616 g/mol. The second-order valence-electron chi connectivity index (χ2n) is 12.6. The highest BCUT2D eigenvalue weighted by atomic mass is 19.1. The van der Waals surface area contributed by atoms with Gasteiger partial charge in [-0.25, -0.2) is 9.37 Å². The number of halogens is 1. The molecule has 238 valence electrons. The molecule has 0 aliphatic carbocycles. The van der Waals surface area contributed by atoms with Crippen molar-refractivity contribution in [2.45, 2.75) is 44.9 Å². The van der Waals surface area contributed by atoms with E-state index in [0.29, 0.717) is 22.9 Å². The van der Waals surface area contributed by atoms with Gasteiger partial charge in [0.05, 0.1) is 41.4 Å². The number of nitrogens with one attached hydrogen (secondary N) is 1. The van der Waals surface area contributed by atoms with Crippen molar-refractivity contribution in [3.63, 3.8) is 0 Å². The van der Waals surface area contributed by atoms with E-state index in [4.69, 9.17) is 4.74 Å². The number of ether oxygens (including phenoxy) is 1. The molecule has 2 saturated heterocycles. The number of nitrogens with zero attached hydrogens (tertiary/aromatic N) is 7. The van der Waals surface area contributed by atoms with Crippen LogP contribution in [0, 0.1) is 5.82 Å². The third kappa shape index (κ3) is 6.63. The molecule has 5 heterocycles. The lowest BCUT2D eigenvalue weighted by atomic mass is 10.0. The third-order valence-electron chi connectivity index (χ3n) is 8.78. The zero-order valence-corrected chi connectivity index (χ0v) is 26.3. The summed E-state index contributed by atoms with van der Waals surface area (Å²) in [4.78, 5) is 33.8. The molecule has 4 aromatic rings. The van der Waals surface area contributed by atoms with E-state index in [1.165, 1.54) is 31.8 Å². The summed E-state index contributed by atoms with van der Waals surface area (Å²) in [6.07, 6.45) is 6.57. The van der Waals surface area contributed by atoms with Crippen molar-refractivity contribution in [1.82, 2.24) is 29.3 Å². The van der Waals surface area contributed by atoms with E-state index in [9.17, 15) is 9.90 Å². The fourth-order valence-corrected chi connectivity index (χ4v) is 6.34. The number of piperazine rings is 1. The van der Waals surface area contributed by atoms with E-state index < -0.39 is 17.3 Å². The van der Waals surface area contributed by atoms with E-state index in [0.717, 1.165) is 63.3 Å². The van der Waals surface area contributed by atoms with E-state index in [1.807, 2.05) is 6.07 Å². The van der Waals surface area contributed by atoms with Crippen molar-refractivity contribution in [2.75, 3.05) is 63.6 Å². The Bertz CT molecular complexity index is 1670. The molecule has 0 unspecified atom stereocenters. The summed E-state index contributed by atoms with van der Waals surface area (Å²) in [5.41, 5.74) is 1.51. The normalized spacial score (nSPS) is 17.2. The van der Waals surface area contributed by atoms with Crippen LogP contribution in [0.5, 0.6) is 5.75 Å². The maximum absolute atomic E-state index is 15.7. The lowest BCUT2D eigenvalue weighted by Gasteiger charge is -2.42. The number of likely N-dealkylation sites (N-methyl/N-ethyl adjacent to an activating group) is 1. The average Bonchev–Trinajstić information content (AvgIpc) is 3.36. The molecule has 2 aliphatic heterocycles. The Morgan fingerprint density at radius 1 is 1.09 bits per heavy atom. The summed E-state index contributed by atoms with van der Waals surface area (Å²) < 4.78 is 22.9. The predicted octanol–water partition coefficient (Wildman–Crippen LogP) is 3.88. The molecule has 0 bridgehead atoms. The molecule has 0 radical (unpaired) electrons. The second kappa shape index (κ2) is 12.7. The molecule has 3 aromatic heterocycles. The number of rotatable bonds is 8. The van der Waals surface area contributed by atoms with Gasteiger partial charge in [-0.2, -0.15) is 0 Å². The van der Waals surface area contributed by atoms with Gasteiger partial charge in [0.1, 0.15) is 11.4 Å². The van der Waals surface area contributed by atoms with Crippen molar-refractivity contribution in [2.24, 2.45) is 0 Å². The van der Waals surface area contributed by atoms with Crippen LogP contribution in [-0.2, 0) is 6.54 Å². The molecule has 2 N–H and O–H groups in total. The van der Waals surface area contributed by atoms with Crippen LogP contribution in [0.4, 0.5) is 16.0 Å². The molecule has 11 nitrogen and oxygen atoms in total. The number of methoxy groups -OCH3 is 1. The number of piperidine rings is 1. The Morgan fingerprint density at radius 2 is 1.84 bits per heavy atom. The lowest BCUT2D eigenvalue weighted by molar-refractivity contribution is 0.0630. The first-order chi connectivity index (χ1) is 21.6. The van der Waals surface area contributed by atoms with E-state index in [-0.39, 0.29) is 23.8 Å². The minimum atomic E-state index is -1.10. The summed E-state index contributed by atoms with van der Waals surface area (Å²) in [7, 11) is 3.66. The van der Waals surface area contributed by atoms with Gasteiger partial charge in [0.25, 0.3) is 5.91 Å². The quantitative estimate of drug-likeness (QED) is 0.305. The fourth-order valence-electron chi connectivity index (χ4n) is 6.34. The van der Waals surface area contributed by atoms with E-state index in [1.54, 1.807) is 24.5 Å². The zero-order chi connectivity index (χ0) is 31.7. The van der Waals surface area contributed by atoms with Gasteiger partial charge < -0.3 is 24.2 Å². The number of carbonyl (C=O) groups is 1. The number of carbonyl (C=O) groups excluding carboxylic acids is 1. The summed E-state index contributed by atoms with van der Waals surface area (Å²) >= 11 is 0. The fraction of sp³-hybridized carbons (Fsp3) is 0.455. The van der Waals surface area contributed by atoms with Crippen molar-refractivity contribution < 1.29 is 19.0 Å². The maximum Gasteiger partial charge on any atom is 0.261 e. The predicted molar refractivity (Wildman–Crippen MR) is 172 cm³/mol. The Labute approximate surface area is 262 Å². The van der Waals surface area contributed by atoms with Crippen LogP contribution in [0.25, 0.3) is 22.3 Å². The molecule has 0 saturated carbocycles. The van der Waals surface area contributed by atoms with Crippen LogP contribution >= 0.6 is 0 Å². The highest BCUT2D eigenvalue weighted by molar-refractivity contribution is 6.05. The number of pyridine rings is 2. The zero-order valence-electron chi connectivity index (χ0n) is 26.3. The number of aliphatic hydroxyl groups is 1. The number of benzene rings is 1. The summed E-state index contributed by atoms with van der Waals surface area (Å²) in [5.74, 6) is -0.869. The molecule has 45 heavy (non-hydrogen) atoms. The molecule has 12 heteroatoms. The highest BCUT2D eigenvalue weighted by Crippen LogP contribution is 2.32. The van der Waals surface area contributed by atoms with Crippen LogP contribution < -0.4 is 15.0 Å². The number of imidazole rings is 1. The first-order valence-electron chi connectivity index (χ1n) is 15.5. The summed E-state index contributed by atoms with van der Waals surface area (Å²) in [6.45, 7) is 9.98. The van der Waals surface area contributed by atoms with Gasteiger partial charge in [0.2, 0.25) is 5.95 Å². The van der Waals surface area contributed by atoms with Gasteiger partial charge in [0, 0.05) is 69.6 Å². The van der Waals surface area contributed by atoms with Crippen molar-refractivity contribution in [1.29, 1.82) is 0 Å².